The van der Waals surface area contributed by atoms with E-state index in [2.05, 4.69) is 0 Å². The number of hydrogen-bond donors (Lipinski definition) is 1. The van der Waals surface area contributed by atoms with Gasteiger partial charge in [-0.15, -0.1) is 0 Å². The fourth-order valence-electron chi connectivity index (χ4n) is 3.05. The molecule has 0 unspecified atom stereocenters. The lowest BCUT2D eigenvalue weighted by atomic mass is 10.2. The largest absolute Gasteiger partial charge is 0.380 e. The molecule has 0 saturated carbocycles. The molecule has 1 aromatic carbocycles. The molecule has 7 heteroatoms. The van der Waals surface area contributed by atoms with Crippen molar-refractivity contribution < 1.29 is 14.3 Å². The van der Waals surface area contributed by atoms with E-state index in [-0.39, 0.29) is 18.6 Å². The summed E-state index contributed by atoms with van der Waals surface area (Å²) in [5.41, 5.74) is 6.29. The van der Waals surface area contributed by atoms with Crippen molar-refractivity contribution >= 4 is 34.3 Å². The van der Waals surface area contributed by atoms with Crippen molar-refractivity contribution in [2.75, 3.05) is 13.7 Å². The van der Waals surface area contributed by atoms with Gasteiger partial charge in [0, 0.05) is 36.8 Å². The molecule has 3 rings (SSSR count). The minimum Gasteiger partial charge on any atom is -0.380 e. The van der Waals surface area contributed by atoms with Crippen LogP contribution >= 0.6 is 11.6 Å². The van der Waals surface area contributed by atoms with Crippen molar-refractivity contribution in [3.05, 3.63) is 35.5 Å². The predicted molar refractivity (Wildman–Crippen MR) is 87.1 cm³/mol. The predicted octanol–water partition coefficient (Wildman–Crippen LogP) is 1.40. The normalized spacial score (nSPS) is 21.0. The maximum atomic E-state index is 12.6. The van der Waals surface area contributed by atoms with Crippen molar-refractivity contribution in [3.63, 3.8) is 0 Å². The summed E-state index contributed by atoms with van der Waals surface area (Å²) in [5, 5.41) is 1.62. The zero-order chi connectivity index (χ0) is 16.6. The van der Waals surface area contributed by atoms with Crippen LogP contribution in [0.15, 0.2) is 30.5 Å². The second-order valence-corrected chi connectivity index (χ2v) is 6.14. The molecule has 1 aliphatic heterocycles. The van der Waals surface area contributed by atoms with Gasteiger partial charge in [-0.1, -0.05) is 17.7 Å². The fraction of sp³-hybridized carbons (Fsp3) is 0.375. The van der Waals surface area contributed by atoms with Crippen LogP contribution in [0.1, 0.15) is 6.42 Å². The molecule has 2 amide bonds. The van der Waals surface area contributed by atoms with E-state index in [4.69, 9.17) is 22.1 Å². The zero-order valence-corrected chi connectivity index (χ0v) is 13.5. The van der Waals surface area contributed by atoms with Crippen molar-refractivity contribution in [1.82, 2.24) is 9.47 Å². The smallest absolute Gasteiger partial charge is 0.243 e. The first kappa shape index (κ1) is 15.8. The molecule has 0 radical (unpaired) electrons. The topological polar surface area (TPSA) is 77.6 Å². The number of benzene rings is 1. The molecule has 122 valence electrons. The quantitative estimate of drug-likeness (QED) is 0.917. The van der Waals surface area contributed by atoms with Gasteiger partial charge in [0.25, 0.3) is 0 Å². The SMILES string of the molecule is CO[C@H]1C[C@@H](C(N)=O)N(C(=O)Cn2ccc3ccc(Cl)cc32)C1. The molecule has 1 aromatic heterocycles. The Morgan fingerprint density at radius 2 is 2.17 bits per heavy atom. The second-order valence-electron chi connectivity index (χ2n) is 5.70. The minimum atomic E-state index is -0.613. The summed E-state index contributed by atoms with van der Waals surface area (Å²) < 4.78 is 7.09. The van der Waals surface area contributed by atoms with E-state index in [0.717, 1.165) is 10.9 Å². The van der Waals surface area contributed by atoms with E-state index < -0.39 is 11.9 Å². The van der Waals surface area contributed by atoms with Gasteiger partial charge in [-0.25, -0.2) is 0 Å². The number of methoxy groups -OCH3 is 1. The van der Waals surface area contributed by atoms with E-state index >= 15 is 0 Å². The number of ether oxygens (including phenoxy) is 1. The van der Waals surface area contributed by atoms with Gasteiger partial charge in [0.2, 0.25) is 11.8 Å². The van der Waals surface area contributed by atoms with E-state index in [9.17, 15) is 9.59 Å². The summed E-state index contributed by atoms with van der Waals surface area (Å²) in [6, 6.07) is 6.84. The highest BCUT2D eigenvalue weighted by molar-refractivity contribution is 6.31. The third kappa shape index (κ3) is 3.04. The Bertz CT molecular complexity index is 758. The summed E-state index contributed by atoms with van der Waals surface area (Å²) in [6.07, 6.45) is 2.12. The van der Waals surface area contributed by atoms with Crippen LogP contribution in [0.3, 0.4) is 0 Å². The van der Waals surface area contributed by atoms with Crippen LogP contribution < -0.4 is 5.73 Å². The molecule has 0 bridgehead atoms. The van der Waals surface area contributed by atoms with Crippen molar-refractivity contribution in [2.24, 2.45) is 5.73 Å². The number of hydrogen-bond acceptors (Lipinski definition) is 3. The number of carbonyl (C=O) groups excluding carboxylic acids is 2. The molecule has 2 N–H and O–H groups in total. The van der Waals surface area contributed by atoms with Crippen LogP contribution in [-0.4, -0.2) is 47.1 Å². The summed E-state index contributed by atoms with van der Waals surface area (Å²) >= 11 is 6.03. The van der Waals surface area contributed by atoms with Crippen LogP contribution in [0.4, 0.5) is 0 Å². The van der Waals surface area contributed by atoms with E-state index in [1.807, 2.05) is 35.0 Å². The lowest BCUT2D eigenvalue weighted by Crippen LogP contribution is -2.45. The Morgan fingerprint density at radius 3 is 2.87 bits per heavy atom. The Morgan fingerprint density at radius 1 is 1.39 bits per heavy atom. The number of rotatable bonds is 4. The highest BCUT2D eigenvalue weighted by Gasteiger charge is 2.38. The number of amides is 2. The third-order valence-electron chi connectivity index (χ3n) is 4.29. The molecule has 1 fully saturated rings. The average molecular weight is 336 g/mol. The first-order valence-electron chi connectivity index (χ1n) is 7.35. The maximum absolute atomic E-state index is 12.6. The number of carbonyl (C=O) groups is 2. The molecular formula is C16H18ClN3O3. The monoisotopic (exact) mass is 335 g/mol. The Kier molecular flexibility index (Phi) is 4.28. The van der Waals surface area contributed by atoms with Crippen LogP contribution in [0.2, 0.25) is 5.02 Å². The number of nitrogens with zero attached hydrogens (tertiary/aromatic N) is 2. The van der Waals surface area contributed by atoms with Gasteiger partial charge in [0.1, 0.15) is 12.6 Å². The lowest BCUT2D eigenvalue weighted by molar-refractivity contribution is -0.137. The molecule has 1 aliphatic rings. The van der Waals surface area contributed by atoms with Gasteiger partial charge in [-0.05, 0) is 23.6 Å². The molecule has 2 heterocycles. The molecule has 1 saturated heterocycles. The maximum Gasteiger partial charge on any atom is 0.243 e. The number of likely N-dealkylation sites (tertiary alicyclic amines) is 1. The summed E-state index contributed by atoms with van der Waals surface area (Å²) in [7, 11) is 1.57. The first-order valence-corrected chi connectivity index (χ1v) is 7.73. The Balaban J connectivity index is 1.82. The second kappa shape index (κ2) is 6.22. The average Bonchev–Trinajstić information content (AvgIpc) is 3.11. The summed E-state index contributed by atoms with van der Waals surface area (Å²) in [5.74, 6) is -0.663. The molecule has 0 spiro atoms. The zero-order valence-electron chi connectivity index (χ0n) is 12.7. The number of nitrogens with two attached hydrogens (primary N) is 1. The van der Waals surface area contributed by atoms with Gasteiger partial charge >= 0.3 is 0 Å². The van der Waals surface area contributed by atoms with Crippen molar-refractivity contribution in [3.8, 4) is 0 Å². The summed E-state index contributed by atoms with van der Waals surface area (Å²) in [6.45, 7) is 0.507. The van der Waals surface area contributed by atoms with Crippen LogP contribution in [0.25, 0.3) is 10.9 Å². The van der Waals surface area contributed by atoms with Gasteiger partial charge in [-0.3, -0.25) is 9.59 Å². The van der Waals surface area contributed by atoms with Gasteiger partial charge in [-0.2, -0.15) is 0 Å². The van der Waals surface area contributed by atoms with E-state index in [1.54, 1.807) is 7.11 Å². The minimum absolute atomic E-state index is 0.129. The molecule has 23 heavy (non-hydrogen) atoms. The fourth-order valence-corrected chi connectivity index (χ4v) is 3.21. The number of aromatic nitrogens is 1. The molecule has 0 aliphatic carbocycles. The molecule has 2 aromatic rings. The van der Waals surface area contributed by atoms with Crippen LogP contribution in [0.5, 0.6) is 0 Å². The standard InChI is InChI=1S/C16H18ClN3O3/c1-23-12-7-14(16(18)22)20(8-12)15(21)9-19-5-4-10-2-3-11(17)6-13(10)19/h2-6,12,14H,7-9H2,1H3,(H2,18,22)/t12-,14-/m0/s1. The number of fused-ring (bicyclic) bond motifs is 1. The van der Waals surface area contributed by atoms with Crippen LogP contribution in [-0.2, 0) is 20.9 Å². The lowest BCUT2D eigenvalue weighted by Gasteiger charge is -2.22. The molecule has 6 nitrogen and oxygen atoms in total. The van der Waals surface area contributed by atoms with Crippen molar-refractivity contribution in [2.45, 2.75) is 25.1 Å². The van der Waals surface area contributed by atoms with E-state index in [0.29, 0.717) is 18.0 Å². The summed E-state index contributed by atoms with van der Waals surface area (Å²) in [4.78, 5) is 25.7. The molecular weight excluding hydrogens is 318 g/mol. The van der Waals surface area contributed by atoms with E-state index in [1.165, 1.54) is 4.90 Å². The Hall–Kier alpha value is -2.05. The number of primary amides is 1. The van der Waals surface area contributed by atoms with Gasteiger partial charge in [0.05, 0.1) is 6.10 Å². The highest BCUT2D eigenvalue weighted by atomic mass is 35.5. The van der Waals surface area contributed by atoms with Gasteiger partial charge in [0.15, 0.2) is 0 Å². The highest BCUT2D eigenvalue weighted by Crippen LogP contribution is 2.23. The number of halogens is 1. The van der Waals surface area contributed by atoms with Crippen LogP contribution in [0, 0.1) is 0 Å². The third-order valence-corrected chi connectivity index (χ3v) is 4.52. The van der Waals surface area contributed by atoms with Gasteiger partial charge < -0.3 is 19.9 Å². The van der Waals surface area contributed by atoms with Crippen molar-refractivity contribution in [1.29, 1.82) is 0 Å². The molecule has 2 atom stereocenters. The Labute approximate surface area is 138 Å². The first-order chi connectivity index (χ1) is 11.0.